The number of carbonyl (C=O) groups is 2. The SMILES string of the molecule is CCC(C)NC(=O)C(C)N(Cc1c(Cl)cccc1Cl)C(=O)CSCc1ccc(Cl)c(Cl)c1. The van der Waals surface area contributed by atoms with Crippen LogP contribution in [0.5, 0.6) is 0 Å². The standard InChI is InChI=1S/C23H26Cl4N2O2S/c1-4-14(2)28-23(31)15(3)29(11-17-18(24)6-5-7-19(17)25)22(30)13-32-12-16-8-9-20(26)21(27)10-16/h5-10,14-15H,4,11-13H2,1-3H3,(H,28,31). The fraction of sp³-hybridized carbons (Fsp3) is 0.391. The average molecular weight is 536 g/mol. The second-order valence-corrected chi connectivity index (χ2v) is 10.1. The van der Waals surface area contributed by atoms with Gasteiger partial charge in [-0.15, -0.1) is 11.8 Å². The Labute approximate surface area is 213 Å². The Hall–Kier alpha value is -1.11. The lowest BCUT2D eigenvalue weighted by atomic mass is 10.1. The van der Waals surface area contributed by atoms with Gasteiger partial charge in [-0.05, 0) is 50.1 Å². The lowest BCUT2D eigenvalue weighted by Crippen LogP contribution is -2.50. The predicted octanol–water partition coefficient (Wildman–Crippen LogP) is 6.87. The summed E-state index contributed by atoms with van der Waals surface area (Å²) in [7, 11) is 0. The van der Waals surface area contributed by atoms with Crippen molar-refractivity contribution in [2.75, 3.05) is 5.75 Å². The summed E-state index contributed by atoms with van der Waals surface area (Å²) in [5, 5.41) is 4.80. The molecule has 0 aliphatic heterocycles. The van der Waals surface area contributed by atoms with E-state index in [-0.39, 0.29) is 30.2 Å². The molecule has 9 heteroatoms. The highest BCUT2D eigenvalue weighted by Gasteiger charge is 2.28. The summed E-state index contributed by atoms with van der Waals surface area (Å²) >= 11 is 26.1. The van der Waals surface area contributed by atoms with Gasteiger partial charge in [0.2, 0.25) is 11.8 Å². The van der Waals surface area contributed by atoms with E-state index in [2.05, 4.69) is 5.32 Å². The first-order chi connectivity index (χ1) is 15.1. The third-order valence-corrected chi connectivity index (χ3v) is 7.47. The van der Waals surface area contributed by atoms with Gasteiger partial charge in [0.1, 0.15) is 6.04 Å². The smallest absolute Gasteiger partial charge is 0.242 e. The summed E-state index contributed by atoms with van der Waals surface area (Å²) in [5.41, 5.74) is 1.57. The summed E-state index contributed by atoms with van der Waals surface area (Å²) in [6.07, 6.45) is 0.794. The zero-order valence-corrected chi connectivity index (χ0v) is 22.0. The highest BCUT2D eigenvalue weighted by Crippen LogP contribution is 2.28. The van der Waals surface area contributed by atoms with Crippen molar-refractivity contribution in [1.29, 1.82) is 0 Å². The van der Waals surface area contributed by atoms with Crippen molar-refractivity contribution in [2.24, 2.45) is 0 Å². The third kappa shape index (κ3) is 7.74. The molecule has 2 aromatic carbocycles. The number of benzene rings is 2. The topological polar surface area (TPSA) is 49.4 Å². The van der Waals surface area contributed by atoms with Gasteiger partial charge >= 0.3 is 0 Å². The molecule has 0 bridgehead atoms. The highest BCUT2D eigenvalue weighted by atomic mass is 35.5. The van der Waals surface area contributed by atoms with Crippen LogP contribution in [0.2, 0.25) is 20.1 Å². The summed E-state index contributed by atoms with van der Waals surface area (Å²) < 4.78 is 0. The van der Waals surface area contributed by atoms with Crippen LogP contribution in [0.1, 0.15) is 38.3 Å². The minimum Gasteiger partial charge on any atom is -0.352 e. The van der Waals surface area contributed by atoms with Crippen LogP contribution in [-0.4, -0.2) is 34.6 Å². The molecule has 0 saturated heterocycles. The zero-order chi connectivity index (χ0) is 23.8. The first-order valence-electron chi connectivity index (χ1n) is 10.2. The zero-order valence-electron chi connectivity index (χ0n) is 18.1. The summed E-state index contributed by atoms with van der Waals surface area (Å²) in [4.78, 5) is 27.5. The molecule has 0 aromatic heterocycles. The maximum Gasteiger partial charge on any atom is 0.242 e. The van der Waals surface area contributed by atoms with E-state index in [1.54, 1.807) is 37.3 Å². The number of nitrogens with one attached hydrogen (secondary N) is 1. The van der Waals surface area contributed by atoms with Crippen molar-refractivity contribution in [1.82, 2.24) is 10.2 Å². The Balaban J connectivity index is 2.15. The van der Waals surface area contributed by atoms with Gasteiger partial charge in [0.25, 0.3) is 0 Å². The molecule has 2 aromatic rings. The van der Waals surface area contributed by atoms with E-state index in [1.807, 2.05) is 19.9 Å². The maximum absolute atomic E-state index is 13.2. The van der Waals surface area contributed by atoms with Crippen molar-refractivity contribution in [3.05, 3.63) is 67.6 Å². The highest BCUT2D eigenvalue weighted by molar-refractivity contribution is 7.99. The van der Waals surface area contributed by atoms with E-state index >= 15 is 0 Å². The van der Waals surface area contributed by atoms with Crippen molar-refractivity contribution in [3.8, 4) is 0 Å². The molecule has 0 spiro atoms. The predicted molar refractivity (Wildman–Crippen MR) is 137 cm³/mol. The van der Waals surface area contributed by atoms with Gasteiger partial charge in [0, 0.05) is 33.9 Å². The van der Waals surface area contributed by atoms with Gasteiger partial charge in [0.15, 0.2) is 0 Å². The van der Waals surface area contributed by atoms with Crippen LogP contribution >= 0.6 is 58.2 Å². The number of amides is 2. The molecule has 2 rings (SSSR count). The van der Waals surface area contributed by atoms with Gasteiger partial charge < -0.3 is 10.2 Å². The fourth-order valence-corrected chi connectivity index (χ4v) is 4.57. The van der Waals surface area contributed by atoms with Crippen LogP contribution in [0.25, 0.3) is 0 Å². The molecule has 2 amide bonds. The molecule has 0 aliphatic rings. The van der Waals surface area contributed by atoms with Crippen LogP contribution in [0.3, 0.4) is 0 Å². The van der Waals surface area contributed by atoms with E-state index in [0.717, 1.165) is 12.0 Å². The molecular formula is C23H26Cl4N2O2S. The van der Waals surface area contributed by atoms with Crippen molar-refractivity contribution in [2.45, 2.75) is 51.6 Å². The van der Waals surface area contributed by atoms with Crippen molar-refractivity contribution in [3.63, 3.8) is 0 Å². The lowest BCUT2D eigenvalue weighted by molar-refractivity contribution is -0.138. The van der Waals surface area contributed by atoms with E-state index in [4.69, 9.17) is 46.4 Å². The number of hydrogen-bond donors (Lipinski definition) is 1. The molecular weight excluding hydrogens is 510 g/mol. The normalized spacial score (nSPS) is 12.8. The number of nitrogens with zero attached hydrogens (tertiary/aromatic N) is 1. The lowest BCUT2D eigenvalue weighted by Gasteiger charge is -2.30. The molecule has 2 atom stereocenters. The number of carbonyl (C=O) groups excluding carboxylic acids is 2. The van der Waals surface area contributed by atoms with Crippen molar-refractivity contribution >= 4 is 70.0 Å². The molecule has 0 saturated carbocycles. The Morgan fingerprint density at radius 1 is 1.00 bits per heavy atom. The second kappa shape index (κ2) is 13.0. The second-order valence-electron chi connectivity index (χ2n) is 7.46. The molecule has 4 nitrogen and oxygen atoms in total. The molecule has 0 radical (unpaired) electrons. The van der Waals surface area contributed by atoms with Crippen LogP contribution in [0.4, 0.5) is 0 Å². The fourth-order valence-electron chi connectivity index (χ4n) is 2.87. The minimum absolute atomic E-state index is 0.00910. The third-order valence-electron chi connectivity index (χ3n) is 5.04. The number of halogens is 4. The Kier molecular flexibility index (Phi) is 11.0. The number of rotatable bonds is 10. The number of hydrogen-bond acceptors (Lipinski definition) is 3. The van der Waals surface area contributed by atoms with E-state index in [0.29, 0.717) is 31.4 Å². The monoisotopic (exact) mass is 534 g/mol. The number of thioether (sulfide) groups is 1. The van der Waals surface area contributed by atoms with Gasteiger partial charge in [-0.3, -0.25) is 9.59 Å². The first-order valence-corrected chi connectivity index (χ1v) is 12.8. The Morgan fingerprint density at radius 2 is 1.66 bits per heavy atom. The largest absolute Gasteiger partial charge is 0.352 e. The van der Waals surface area contributed by atoms with Crippen molar-refractivity contribution < 1.29 is 9.59 Å². The van der Waals surface area contributed by atoms with Gasteiger partial charge in [0.05, 0.1) is 15.8 Å². The summed E-state index contributed by atoms with van der Waals surface area (Å²) in [6.45, 7) is 5.76. The van der Waals surface area contributed by atoms with Crippen LogP contribution in [0, 0.1) is 0 Å². The summed E-state index contributed by atoms with van der Waals surface area (Å²) in [6, 6.07) is 9.88. The van der Waals surface area contributed by atoms with Gasteiger partial charge in [-0.25, -0.2) is 0 Å². The minimum atomic E-state index is -0.686. The van der Waals surface area contributed by atoms with E-state index in [1.165, 1.54) is 16.7 Å². The molecule has 0 heterocycles. The van der Waals surface area contributed by atoms with Crippen LogP contribution in [-0.2, 0) is 21.9 Å². The Bertz CT molecular complexity index is 937. The summed E-state index contributed by atoms with van der Waals surface area (Å²) in [5.74, 6) is 0.364. The van der Waals surface area contributed by atoms with Crippen LogP contribution < -0.4 is 5.32 Å². The average Bonchev–Trinajstić information content (AvgIpc) is 2.75. The van der Waals surface area contributed by atoms with Crippen LogP contribution in [0.15, 0.2) is 36.4 Å². The van der Waals surface area contributed by atoms with Gasteiger partial charge in [-0.1, -0.05) is 65.5 Å². The molecule has 1 N–H and O–H groups in total. The van der Waals surface area contributed by atoms with E-state index in [9.17, 15) is 9.59 Å². The quantitative estimate of drug-likeness (QED) is 0.361. The van der Waals surface area contributed by atoms with E-state index < -0.39 is 6.04 Å². The molecule has 32 heavy (non-hydrogen) atoms. The maximum atomic E-state index is 13.2. The molecule has 0 fully saturated rings. The molecule has 174 valence electrons. The van der Waals surface area contributed by atoms with Gasteiger partial charge in [-0.2, -0.15) is 0 Å². The molecule has 2 unspecified atom stereocenters. The molecule has 0 aliphatic carbocycles. The Morgan fingerprint density at radius 3 is 2.25 bits per heavy atom. The first kappa shape index (κ1) is 27.1.